The summed E-state index contributed by atoms with van der Waals surface area (Å²) < 4.78 is 0. The summed E-state index contributed by atoms with van der Waals surface area (Å²) in [4.78, 5) is 2.70. The largest absolute Gasteiger partial charge is 0.326 e. The molecule has 0 aromatic rings. The SMILES string of the molecule is CCCCN(C(C)CC)C1CCCC(C)(C)C1N. The van der Waals surface area contributed by atoms with Crippen LogP contribution in [0, 0.1) is 5.41 Å². The minimum absolute atomic E-state index is 0.306. The van der Waals surface area contributed by atoms with E-state index in [2.05, 4.69) is 39.5 Å². The van der Waals surface area contributed by atoms with Crippen LogP contribution >= 0.6 is 0 Å². The summed E-state index contributed by atoms with van der Waals surface area (Å²) >= 11 is 0. The molecule has 0 radical (unpaired) electrons. The zero-order valence-corrected chi connectivity index (χ0v) is 13.2. The maximum Gasteiger partial charge on any atom is 0.0255 e. The molecule has 0 amide bonds. The Labute approximate surface area is 114 Å². The monoisotopic (exact) mass is 254 g/mol. The van der Waals surface area contributed by atoms with Gasteiger partial charge in [0.25, 0.3) is 0 Å². The molecule has 0 aromatic heterocycles. The van der Waals surface area contributed by atoms with E-state index >= 15 is 0 Å². The van der Waals surface area contributed by atoms with Gasteiger partial charge in [-0.3, -0.25) is 4.90 Å². The molecule has 1 aliphatic rings. The van der Waals surface area contributed by atoms with Crippen molar-refractivity contribution < 1.29 is 0 Å². The van der Waals surface area contributed by atoms with E-state index in [9.17, 15) is 0 Å². The van der Waals surface area contributed by atoms with Gasteiger partial charge in [0, 0.05) is 18.1 Å². The summed E-state index contributed by atoms with van der Waals surface area (Å²) in [6, 6.07) is 1.59. The maximum atomic E-state index is 6.58. The Hall–Kier alpha value is -0.0800. The fraction of sp³-hybridized carbons (Fsp3) is 1.00. The Morgan fingerprint density at radius 1 is 1.33 bits per heavy atom. The third-order valence-corrected chi connectivity index (χ3v) is 4.99. The van der Waals surface area contributed by atoms with Crippen LogP contribution in [0.2, 0.25) is 0 Å². The summed E-state index contributed by atoms with van der Waals surface area (Å²) in [6.07, 6.45) is 7.72. The molecule has 3 unspecified atom stereocenters. The second kappa shape index (κ2) is 6.91. The lowest BCUT2D eigenvalue weighted by atomic mass is 9.70. The Balaban J connectivity index is 2.76. The second-order valence-corrected chi connectivity index (χ2v) is 6.82. The predicted molar refractivity (Wildman–Crippen MR) is 80.8 cm³/mol. The van der Waals surface area contributed by atoms with Crippen molar-refractivity contribution in [1.29, 1.82) is 0 Å². The minimum atomic E-state index is 0.306. The van der Waals surface area contributed by atoms with Crippen LogP contribution in [-0.4, -0.2) is 29.6 Å². The smallest absolute Gasteiger partial charge is 0.0255 e. The summed E-state index contributed by atoms with van der Waals surface area (Å²) in [5, 5.41) is 0. The fourth-order valence-electron chi connectivity index (χ4n) is 3.29. The molecular formula is C16H34N2. The van der Waals surface area contributed by atoms with E-state index in [1.807, 2.05) is 0 Å². The van der Waals surface area contributed by atoms with Crippen LogP contribution in [0.3, 0.4) is 0 Å². The summed E-state index contributed by atoms with van der Waals surface area (Å²) in [7, 11) is 0. The number of rotatable bonds is 6. The first-order chi connectivity index (χ1) is 8.44. The van der Waals surface area contributed by atoms with Crippen LogP contribution < -0.4 is 5.73 Å². The van der Waals surface area contributed by atoms with Gasteiger partial charge < -0.3 is 5.73 Å². The molecule has 1 fully saturated rings. The number of unbranched alkanes of at least 4 members (excludes halogenated alkanes) is 1. The molecule has 0 heterocycles. The molecule has 0 bridgehead atoms. The summed E-state index contributed by atoms with van der Waals surface area (Å²) in [6.45, 7) is 12.9. The highest BCUT2D eigenvalue weighted by Crippen LogP contribution is 2.37. The van der Waals surface area contributed by atoms with Gasteiger partial charge in [0.2, 0.25) is 0 Å². The highest BCUT2D eigenvalue weighted by Gasteiger charge is 2.39. The van der Waals surface area contributed by atoms with Crippen molar-refractivity contribution in [2.24, 2.45) is 11.1 Å². The van der Waals surface area contributed by atoms with Gasteiger partial charge in [0.15, 0.2) is 0 Å². The molecule has 1 rings (SSSR count). The van der Waals surface area contributed by atoms with Crippen LogP contribution in [-0.2, 0) is 0 Å². The molecule has 0 saturated heterocycles. The third kappa shape index (κ3) is 3.71. The average molecular weight is 254 g/mol. The molecule has 0 aliphatic heterocycles. The number of nitrogens with zero attached hydrogens (tertiary/aromatic N) is 1. The van der Waals surface area contributed by atoms with E-state index in [0.717, 1.165) is 0 Å². The van der Waals surface area contributed by atoms with Crippen LogP contribution in [0.1, 0.15) is 73.1 Å². The van der Waals surface area contributed by atoms with Gasteiger partial charge in [-0.1, -0.05) is 40.5 Å². The molecule has 3 atom stereocenters. The Bertz CT molecular complexity index is 237. The van der Waals surface area contributed by atoms with Crippen molar-refractivity contribution in [2.45, 2.75) is 91.3 Å². The van der Waals surface area contributed by atoms with E-state index in [1.54, 1.807) is 0 Å². The third-order valence-electron chi connectivity index (χ3n) is 4.99. The van der Waals surface area contributed by atoms with Crippen LogP contribution in [0.15, 0.2) is 0 Å². The van der Waals surface area contributed by atoms with E-state index < -0.39 is 0 Å². The molecule has 0 spiro atoms. The van der Waals surface area contributed by atoms with Crippen molar-refractivity contribution >= 4 is 0 Å². The van der Waals surface area contributed by atoms with Crippen molar-refractivity contribution in [3.8, 4) is 0 Å². The van der Waals surface area contributed by atoms with Crippen LogP contribution in [0.5, 0.6) is 0 Å². The molecule has 1 saturated carbocycles. The lowest BCUT2D eigenvalue weighted by Gasteiger charge is -2.48. The highest BCUT2D eigenvalue weighted by atomic mass is 15.2. The fourth-order valence-corrected chi connectivity index (χ4v) is 3.29. The summed E-state index contributed by atoms with van der Waals surface area (Å²) in [5.41, 5.74) is 6.89. The Kier molecular flexibility index (Phi) is 6.13. The molecule has 2 nitrogen and oxygen atoms in total. The topological polar surface area (TPSA) is 29.3 Å². The van der Waals surface area contributed by atoms with Gasteiger partial charge in [0.1, 0.15) is 0 Å². The van der Waals surface area contributed by atoms with Gasteiger partial charge in [-0.2, -0.15) is 0 Å². The molecule has 2 heteroatoms. The first-order valence-corrected chi connectivity index (χ1v) is 7.95. The molecule has 2 N–H and O–H groups in total. The maximum absolute atomic E-state index is 6.58. The zero-order chi connectivity index (χ0) is 13.8. The van der Waals surface area contributed by atoms with Crippen molar-refractivity contribution in [2.75, 3.05) is 6.54 Å². The Morgan fingerprint density at radius 2 is 2.00 bits per heavy atom. The standard InChI is InChI=1S/C16H34N2/c1-6-8-12-18(13(3)7-2)14-10-9-11-16(4,5)15(14)17/h13-15H,6-12,17H2,1-5H3. The highest BCUT2D eigenvalue weighted by molar-refractivity contribution is 4.97. The van der Waals surface area contributed by atoms with E-state index in [4.69, 9.17) is 5.73 Å². The van der Waals surface area contributed by atoms with Gasteiger partial charge >= 0.3 is 0 Å². The second-order valence-electron chi connectivity index (χ2n) is 6.82. The molecular weight excluding hydrogens is 220 g/mol. The quantitative estimate of drug-likeness (QED) is 0.781. The molecule has 1 aliphatic carbocycles. The van der Waals surface area contributed by atoms with Crippen molar-refractivity contribution in [3.63, 3.8) is 0 Å². The van der Waals surface area contributed by atoms with Crippen LogP contribution in [0.4, 0.5) is 0 Å². The van der Waals surface area contributed by atoms with Crippen molar-refractivity contribution in [3.05, 3.63) is 0 Å². The average Bonchev–Trinajstić information content (AvgIpc) is 2.34. The van der Waals surface area contributed by atoms with Gasteiger partial charge in [0.05, 0.1) is 0 Å². The van der Waals surface area contributed by atoms with E-state index in [-0.39, 0.29) is 0 Å². The van der Waals surface area contributed by atoms with Crippen molar-refractivity contribution in [1.82, 2.24) is 4.90 Å². The normalized spacial score (nSPS) is 29.5. The first-order valence-electron chi connectivity index (χ1n) is 7.95. The van der Waals surface area contributed by atoms with Gasteiger partial charge in [-0.05, 0) is 44.6 Å². The molecule has 108 valence electrons. The minimum Gasteiger partial charge on any atom is -0.326 e. The molecule has 0 aromatic carbocycles. The van der Waals surface area contributed by atoms with E-state index in [1.165, 1.54) is 45.1 Å². The zero-order valence-electron chi connectivity index (χ0n) is 13.2. The lowest BCUT2D eigenvalue weighted by Crippen LogP contribution is -2.58. The number of nitrogens with two attached hydrogens (primary N) is 1. The first kappa shape index (κ1) is 16.0. The lowest BCUT2D eigenvalue weighted by molar-refractivity contribution is 0.0413. The van der Waals surface area contributed by atoms with E-state index in [0.29, 0.717) is 23.5 Å². The Morgan fingerprint density at radius 3 is 2.56 bits per heavy atom. The number of hydrogen-bond donors (Lipinski definition) is 1. The summed E-state index contributed by atoms with van der Waals surface area (Å²) in [5.74, 6) is 0. The van der Waals surface area contributed by atoms with Crippen LogP contribution in [0.25, 0.3) is 0 Å². The van der Waals surface area contributed by atoms with Gasteiger partial charge in [-0.15, -0.1) is 0 Å². The predicted octanol–water partition coefficient (Wildman–Crippen LogP) is 3.79. The van der Waals surface area contributed by atoms with Gasteiger partial charge in [-0.25, -0.2) is 0 Å². The number of hydrogen-bond acceptors (Lipinski definition) is 2. The molecule has 18 heavy (non-hydrogen) atoms.